The molecule has 0 saturated carbocycles. The average molecular weight is 194 g/mol. The highest BCUT2D eigenvalue weighted by Crippen LogP contribution is 2.21. The van der Waals surface area contributed by atoms with Gasteiger partial charge in [-0.2, -0.15) is 5.10 Å². The molecular weight excluding hydrogens is 176 g/mol. The SMILES string of the molecule is C=C(C)CC(NN)c1cnn(C)c1C. The minimum atomic E-state index is 0.112. The van der Waals surface area contributed by atoms with E-state index in [0.29, 0.717) is 0 Å². The van der Waals surface area contributed by atoms with Gasteiger partial charge in [0.05, 0.1) is 12.2 Å². The second-order valence-electron chi connectivity index (χ2n) is 3.69. The fourth-order valence-electron chi connectivity index (χ4n) is 1.46. The number of nitrogens with two attached hydrogens (primary N) is 1. The maximum Gasteiger partial charge on any atom is 0.0540 e. The summed E-state index contributed by atoms with van der Waals surface area (Å²) in [5.74, 6) is 5.50. The predicted molar refractivity (Wildman–Crippen MR) is 57.4 cm³/mol. The topological polar surface area (TPSA) is 55.9 Å². The van der Waals surface area contributed by atoms with Crippen LogP contribution < -0.4 is 11.3 Å². The molecule has 0 aromatic carbocycles. The highest BCUT2D eigenvalue weighted by Gasteiger charge is 2.14. The zero-order valence-electron chi connectivity index (χ0n) is 9.04. The van der Waals surface area contributed by atoms with Crippen LogP contribution in [0.15, 0.2) is 18.3 Å². The molecule has 78 valence electrons. The zero-order chi connectivity index (χ0) is 10.7. The number of hydrogen-bond acceptors (Lipinski definition) is 3. The van der Waals surface area contributed by atoms with Crippen molar-refractivity contribution in [1.82, 2.24) is 15.2 Å². The Labute approximate surface area is 84.8 Å². The van der Waals surface area contributed by atoms with Crippen LogP contribution in [0, 0.1) is 6.92 Å². The molecule has 4 nitrogen and oxygen atoms in total. The molecule has 1 aromatic rings. The van der Waals surface area contributed by atoms with Crippen molar-refractivity contribution >= 4 is 0 Å². The highest BCUT2D eigenvalue weighted by atomic mass is 15.3. The maximum atomic E-state index is 5.50. The van der Waals surface area contributed by atoms with Gasteiger partial charge in [0, 0.05) is 18.3 Å². The third-order valence-electron chi connectivity index (χ3n) is 2.40. The van der Waals surface area contributed by atoms with Gasteiger partial charge in [-0.1, -0.05) is 5.57 Å². The number of aromatic nitrogens is 2. The number of rotatable bonds is 4. The van der Waals surface area contributed by atoms with E-state index in [2.05, 4.69) is 17.1 Å². The Kier molecular flexibility index (Phi) is 3.43. The van der Waals surface area contributed by atoms with E-state index in [0.717, 1.165) is 23.3 Å². The minimum absolute atomic E-state index is 0.112. The standard InChI is InChI=1S/C10H18N4/c1-7(2)5-10(13-11)9-6-12-14(4)8(9)3/h6,10,13H,1,5,11H2,2-4H3. The Balaban J connectivity index is 2.89. The van der Waals surface area contributed by atoms with Gasteiger partial charge < -0.3 is 0 Å². The molecule has 4 heteroatoms. The van der Waals surface area contributed by atoms with Crippen LogP contribution in [-0.4, -0.2) is 9.78 Å². The molecule has 1 heterocycles. The summed E-state index contributed by atoms with van der Waals surface area (Å²) in [7, 11) is 1.92. The van der Waals surface area contributed by atoms with Crippen molar-refractivity contribution in [1.29, 1.82) is 0 Å². The number of aryl methyl sites for hydroxylation is 1. The van der Waals surface area contributed by atoms with E-state index in [1.54, 1.807) is 0 Å². The van der Waals surface area contributed by atoms with E-state index < -0.39 is 0 Å². The van der Waals surface area contributed by atoms with Gasteiger partial charge >= 0.3 is 0 Å². The molecule has 3 N–H and O–H groups in total. The smallest absolute Gasteiger partial charge is 0.0540 e. The first-order valence-corrected chi connectivity index (χ1v) is 4.65. The summed E-state index contributed by atoms with van der Waals surface area (Å²) in [6.45, 7) is 7.91. The van der Waals surface area contributed by atoms with Crippen molar-refractivity contribution in [2.75, 3.05) is 0 Å². The van der Waals surface area contributed by atoms with Crippen molar-refractivity contribution in [3.63, 3.8) is 0 Å². The maximum absolute atomic E-state index is 5.50. The Bertz CT molecular complexity index is 327. The minimum Gasteiger partial charge on any atom is -0.273 e. The summed E-state index contributed by atoms with van der Waals surface area (Å²) in [5.41, 5.74) is 6.17. The van der Waals surface area contributed by atoms with Gasteiger partial charge in [0.15, 0.2) is 0 Å². The second-order valence-corrected chi connectivity index (χ2v) is 3.69. The molecule has 1 aromatic heterocycles. The molecule has 0 radical (unpaired) electrons. The molecular formula is C10H18N4. The quantitative estimate of drug-likeness (QED) is 0.430. The van der Waals surface area contributed by atoms with Crippen LogP contribution in [-0.2, 0) is 7.05 Å². The van der Waals surface area contributed by atoms with E-state index in [4.69, 9.17) is 5.84 Å². The average Bonchev–Trinajstić information content (AvgIpc) is 2.44. The van der Waals surface area contributed by atoms with Gasteiger partial charge in [0.2, 0.25) is 0 Å². The van der Waals surface area contributed by atoms with Crippen LogP contribution in [0.3, 0.4) is 0 Å². The molecule has 1 rings (SSSR count). The largest absolute Gasteiger partial charge is 0.273 e. The van der Waals surface area contributed by atoms with E-state index >= 15 is 0 Å². The Morgan fingerprint density at radius 2 is 2.43 bits per heavy atom. The lowest BCUT2D eigenvalue weighted by atomic mass is 10.0. The lowest BCUT2D eigenvalue weighted by molar-refractivity contribution is 0.546. The Hall–Kier alpha value is -1.13. The summed E-state index contributed by atoms with van der Waals surface area (Å²) in [6, 6.07) is 0.112. The van der Waals surface area contributed by atoms with Crippen molar-refractivity contribution in [3.05, 3.63) is 29.6 Å². The Morgan fingerprint density at radius 1 is 1.79 bits per heavy atom. The van der Waals surface area contributed by atoms with E-state index in [1.807, 2.05) is 31.8 Å². The van der Waals surface area contributed by atoms with Crippen LogP contribution in [0.5, 0.6) is 0 Å². The third-order valence-corrected chi connectivity index (χ3v) is 2.40. The van der Waals surface area contributed by atoms with E-state index in [-0.39, 0.29) is 6.04 Å². The van der Waals surface area contributed by atoms with Gasteiger partial charge in [-0.3, -0.25) is 16.0 Å². The van der Waals surface area contributed by atoms with Gasteiger partial charge in [0.1, 0.15) is 0 Å². The molecule has 0 spiro atoms. The molecule has 0 aliphatic rings. The van der Waals surface area contributed by atoms with Crippen LogP contribution in [0.25, 0.3) is 0 Å². The lowest BCUT2D eigenvalue weighted by Crippen LogP contribution is -2.28. The monoisotopic (exact) mass is 194 g/mol. The molecule has 14 heavy (non-hydrogen) atoms. The van der Waals surface area contributed by atoms with Gasteiger partial charge in [-0.25, -0.2) is 0 Å². The number of hydrogen-bond donors (Lipinski definition) is 2. The summed E-state index contributed by atoms with van der Waals surface area (Å²) >= 11 is 0. The number of hydrazine groups is 1. The van der Waals surface area contributed by atoms with Gasteiger partial charge in [-0.05, 0) is 20.3 Å². The van der Waals surface area contributed by atoms with Crippen LogP contribution in [0.4, 0.5) is 0 Å². The number of nitrogens with one attached hydrogen (secondary N) is 1. The predicted octanol–water partition coefficient (Wildman–Crippen LogP) is 1.20. The molecule has 0 saturated heterocycles. The molecule has 0 aliphatic carbocycles. The van der Waals surface area contributed by atoms with Crippen molar-refractivity contribution in [2.45, 2.75) is 26.3 Å². The zero-order valence-corrected chi connectivity index (χ0v) is 9.04. The fourth-order valence-corrected chi connectivity index (χ4v) is 1.46. The Morgan fingerprint density at radius 3 is 2.79 bits per heavy atom. The molecule has 0 bridgehead atoms. The molecule has 0 aliphatic heterocycles. The normalized spacial score (nSPS) is 12.9. The number of nitrogens with zero attached hydrogens (tertiary/aromatic N) is 2. The molecule has 0 fully saturated rings. The second kappa shape index (κ2) is 4.39. The van der Waals surface area contributed by atoms with Crippen molar-refractivity contribution in [3.8, 4) is 0 Å². The van der Waals surface area contributed by atoms with Crippen molar-refractivity contribution < 1.29 is 0 Å². The summed E-state index contributed by atoms with van der Waals surface area (Å²) < 4.78 is 1.85. The summed E-state index contributed by atoms with van der Waals surface area (Å²) in [5, 5.41) is 4.18. The molecule has 1 unspecified atom stereocenters. The fraction of sp³-hybridized carbons (Fsp3) is 0.500. The van der Waals surface area contributed by atoms with Crippen LogP contribution in [0.2, 0.25) is 0 Å². The molecule has 1 atom stereocenters. The first-order chi connectivity index (χ1) is 6.56. The molecule has 0 amide bonds. The first-order valence-electron chi connectivity index (χ1n) is 4.65. The summed E-state index contributed by atoms with van der Waals surface area (Å²) in [6.07, 6.45) is 2.69. The lowest BCUT2D eigenvalue weighted by Gasteiger charge is -2.15. The highest BCUT2D eigenvalue weighted by molar-refractivity contribution is 5.21. The van der Waals surface area contributed by atoms with Gasteiger partial charge in [-0.15, -0.1) is 6.58 Å². The summed E-state index contributed by atoms with van der Waals surface area (Å²) in [4.78, 5) is 0. The van der Waals surface area contributed by atoms with Crippen LogP contribution >= 0.6 is 0 Å². The van der Waals surface area contributed by atoms with Crippen LogP contribution in [0.1, 0.15) is 30.6 Å². The van der Waals surface area contributed by atoms with E-state index in [1.165, 1.54) is 0 Å². The third kappa shape index (κ3) is 2.21. The van der Waals surface area contributed by atoms with Gasteiger partial charge in [0.25, 0.3) is 0 Å². The first kappa shape index (κ1) is 10.9. The van der Waals surface area contributed by atoms with Crippen molar-refractivity contribution in [2.24, 2.45) is 12.9 Å². The van der Waals surface area contributed by atoms with E-state index in [9.17, 15) is 0 Å².